The average molecular weight is 242 g/mol. The van der Waals surface area contributed by atoms with Crippen molar-refractivity contribution in [1.82, 2.24) is 20.5 Å². The summed E-state index contributed by atoms with van der Waals surface area (Å²) in [6, 6.07) is 6.30. The predicted molar refractivity (Wildman–Crippen MR) is 71.2 cm³/mol. The number of nitrogens with one attached hydrogen (secondary N) is 2. The summed E-state index contributed by atoms with van der Waals surface area (Å²) in [6.45, 7) is 4.30. The van der Waals surface area contributed by atoms with Gasteiger partial charge in [0.2, 0.25) is 0 Å². The molecule has 0 bridgehead atoms. The molecule has 2 N–H and O–H groups in total. The largest absolute Gasteiger partial charge is 0.316 e. The van der Waals surface area contributed by atoms with Gasteiger partial charge in [-0.05, 0) is 62.5 Å². The van der Waals surface area contributed by atoms with Crippen molar-refractivity contribution in [3.05, 3.63) is 35.7 Å². The van der Waals surface area contributed by atoms with Gasteiger partial charge in [0.05, 0.1) is 5.69 Å². The molecule has 1 saturated heterocycles. The van der Waals surface area contributed by atoms with Crippen molar-refractivity contribution in [1.29, 1.82) is 0 Å². The molecule has 1 aliphatic rings. The summed E-state index contributed by atoms with van der Waals surface area (Å²) in [6.07, 6.45) is 4.29. The minimum absolute atomic E-state index is 0.765. The lowest BCUT2D eigenvalue weighted by Crippen LogP contribution is -2.10. The number of hydrogen-bond acceptors (Lipinski definition) is 3. The molecular formula is C14H18N4. The van der Waals surface area contributed by atoms with E-state index in [1.165, 1.54) is 12.0 Å². The molecule has 1 fully saturated rings. The molecule has 1 aliphatic heterocycles. The van der Waals surface area contributed by atoms with Crippen LogP contribution in [0.15, 0.2) is 24.4 Å². The Hall–Kier alpha value is -1.68. The number of hydrogen-bond donors (Lipinski definition) is 2. The molecule has 4 nitrogen and oxygen atoms in total. The Bertz CT molecular complexity index is 526. The summed E-state index contributed by atoms with van der Waals surface area (Å²) in [7, 11) is 0. The fraction of sp³-hybridized carbons (Fsp3) is 0.429. The van der Waals surface area contributed by atoms with E-state index in [1.807, 2.05) is 19.2 Å². The molecule has 1 unspecified atom stereocenters. The second kappa shape index (κ2) is 4.90. The molecule has 0 spiro atoms. The Morgan fingerprint density at radius 2 is 2.28 bits per heavy atom. The predicted octanol–water partition coefficient (Wildman–Crippen LogP) is 1.93. The highest BCUT2D eigenvalue weighted by molar-refractivity contribution is 5.54. The number of aromatic amines is 1. The van der Waals surface area contributed by atoms with Gasteiger partial charge in [-0.15, -0.1) is 0 Å². The first-order chi connectivity index (χ1) is 8.81. The molecule has 1 atom stereocenters. The fourth-order valence-electron chi connectivity index (χ4n) is 2.51. The van der Waals surface area contributed by atoms with Crippen molar-refractivity contribution >= 4 is 0 Å². The van der Waals surface area contributed by atoms with Crippen LogP contribution in [0.25, 0.3) is 11.4 Å². The molecule has 0 amide bonds. The third-order valence-corrected chi connectivity index (χ3v) is 3.48. The third kappa shape index (κ3) is 2.43. The van der Waals surface area contributed by atoms with Gasteiger partial charge in [-0.25, -0.2) is 0 Å². The van der Waals surface area contributed by atoms with Crippen molar-refractivity contribution in [2.24, 2.45) is 5.92 Å². The summed E-state index contributed by atoms with van der Waals surface area (Å²) in [5.74, 6) is 0.765. The smallest absolute Gasteiger partial charge is 0.111 e. The van der Waals surface area contributed by atoms with Crippen LogP contribution in [0.4, 0.5) is 0 Å². The second-order valence-corrected chi connectivity index (χ2v) is 5.05. The van der Waals surface area contributed by atoms with E-state index in [-0.39, 0.29) is 0 Å². The maximum absolute atomic E-state index is 4.40. The van der Waals surface area contributed by atoms with Crippen molar-refractivity contribution in [2.75, 3.05) is 13.1 Å². The first-order valence-corrected chi connectivity index (χ1v) is 6.49. The average Bonchev–Trinajstić information content (AvgIpc) is 3.01. The van der Waals surface area contributed by atoms with E-state index in [2.05, 4.69) is 32.6 Å². The van der Waals surface area contributed by atoms with Gasteiger partial charge in [0.1, 0.15) is 5.69 Å². The zero-order chi connectivity index (χ0) is 12.4. The summed E-state index contributed by atoms with van der Waals surface area (Å²) in [5.41, 5.74) is 4.31. The lowest BCUT2D eigenvalue weighted by molar-refractivity contribution is 0.580. The number of aryl methyl sites for hydroxylation is 1. The first-order valence-electron chi connectivity index (χ1n) is 6.49. The molecule has 2 aromatic rings. The number of rotatable bonds is 3. The van der Waals surface area contributed by atoms with Gasteiger partial charge >= 0.3 is 0 Å². The van der Waals surface area contributed by atoms with Crippen LogP contribution >= 0.6 is 0 Å². The molecule has 0 aliphatic carbocycles. The molecule has 3 rings (SSSR count). The summed E-state index contributed by atoms with van der Waals surface area (Å²) < 4.78 is 0. The zero-order valence-corrected chi connectivity index (χ0v) is 10.6. The van der Waals surface area contributed by atoms with E-state index < -0.39 is 0 Å². The maximum Gasteiger partial charge on any atom is 0.111 e. The quantitative estimate of drug-likeness (QED) is 0.864. The number of nitrogens with zero attached hydrogens (tertiary/aromatic N) is 2. The molecule has 18 heavy (non-hydrogen) atoms. The molecule has 0 aromatic carbocycles. The van der Waals surface area contributed by atoms with Gasteiger partial charge < -0.3 is 5.32 Å². The number of aromatic nitrogens is 3. The van der Waals surface area contributed by atoms with Crippen LogP contribution < -0.4 is 5.32 Å². The van der Waals surface area contributed by atoms with Gasteiger partial charge in [0.15, 0.2) is 0 Å². The van der Waals surface area contributed by atoms with Gasteiger partial charge in [0.25, 0.3) is 0 Å². The third-order valence-electron chi connectivity index (χ3n) is 3.48. The van der Waals surface area contributed by atoms with E-state index in [9.17, 15) is 0 Å². The van der Waals surface area contributed by atoms with Crippen molar-refractivity contribution in [3.63, 3.8) is 0 Å². The molecule has 2 aromatic heterocycles. The molecular weight excluding hydrogens is 224 g/mol. The van der Waals surface area contributed by atoms with E-state index in [0.717, 1.165) is 42.5 Å². The number of pyridine rings is 1. The number of H-pyrrole nitrogens is 1. The lowest BCUT2D eigenvalue weighted by Gasteiger charge is -2.08. The summed E-state index contributed by atoms with van der Waals surface area (Å²) in [5, 5.41) is 10.6. The highest BCUT2D eigenvalue weighted by Crippen LogP contribution is 2.20. The van der Waals surface area contributed by atoms with Crippen LogP contribution in [0.5, 0.6) is 0 Å². The second-order valence-electron chi connectivity index (χ2n) is 5.05. The minimum Gasteiger partial charge on any atom is -0.316 e. The van der Waals surface area contributed by atoms with Crippen LogP contribution in [-0.2, 0) is 6.42 Å². The molecule has 0 saturated carbocycles. The van der Waals surface area contributed by atoms with Gasteiger partial charge in [-0.3, -0.25) is 10.1 Å². The summed E-state index contributed by atoms with van der Waals surface area (Å²) in [4.78, 5) is 4.40. The van der Waals surface area contributed by atoms with Crippen molar-refractivity contribution in [2.45, 2.75) is 19.8 Å². The molecule has 0 radical (unpaired) electrons. The fourth-order valence-corrected chi connectivity index (χ4v) is 2.51. The van der Waals surface area contributed by atoms with Crippen LogP contribution in [0, 0.1) is 12.8 Å². The first kappa shape index (κ1) is 11.4. The summed E-state index contributed by atoms with van der Waals surface area (Å²) >= 11 is 0. The Morgan fingerprint density at radius 1 is 1.33 bits per heavy atom. The Morgan fingerprint density at radius 3 is 3.00 bits per heavy atom. The van der Waals surface area contributed by atoms with Crippen LogP contribution in [0.1, 0.15) is 17.7 Å². The Labute approximate surface area is 107 Å². The monoisotopic (exact) mass is 242 g/mol. The Kier molecular flexibility index (Phi) is 3.11. The highest BCUT2D eigenvalue weighted by atomic mass is 15.1. The standard InChI is InChI=1S/C14H18N4/c1-10-6-14(18-17-10)13-8-11(3-5-16-13)7-12-2-4-15-9-12/h3,5-6,8,12,15H,2,4,7,9H2,1H3,(H,17,18). The van der Waals surface area contributed by atoms with Crippen LogP contribution in [0.3, 0.4) is 0 Å². The van der Waals surface area contributed by atoms with E-state index in [0.29, 0.717) is 0 Å². The molecule has 4 heteroatoms. The van der Waals surface area contributed by atoms with Gasteiger partial charge in [-0.1, -0.05) is 0 Å². The normalized spacial score (nSPS) is 19.3. The minimum atomic E-state index is 0.765. The van der Waals surface area contributed by atoms with Gasteiger partial charge in [0, 0.05) is 11.9 Å². The van der Waals surface area contributed by atoms with E-state index in [4.69, 9.17) is 0 Å². The SMILES string of the molecule is Cc1cc(-c2cc(CC3CCNC3)ccn2)n[nH]1. The zero-order valence-electron chi connectivity index (χ0n) is 10.6. The lowest BCUT2D eigenvalue weighted by atomic mass is 9.99. The molecule has 3 heterocycles. The van der Waals surface area contributed by atoms with Crippen molar-refractivity contribution in [3.8, 4) is 11.4 Å². The van der Waals surface area contributed by atoms with E-state index >= 15 is 0 Å². The molecule has 94 valence electrons. The van der Waals surface area contributed by atoms with Crippen molar-refractivity contribution < 1.29 is 0 Å². The Balaban J connectivity index is 1.80. The van der Waals surface area contributed by atoms with Crippen LogP contribution in [-0.4, -0.2) is 28.3 Å². The van der Waals surface area contributed by atoms with Crippen LogP contribution in [0.2, 0.25) is 0 Å². The highest BCUT2D eigenvalue weighted by Gasteiger charge is 2.15. The van der Waals surface area contributed by atoms with Gasteiger partial charge in [-0.2, -0.15) is 5.10 Å². The maximum atomic E-state index is 4.40. The van der Waals surface area contributed by atoms with E-state index in [1.54, 1.807) is 0 Å². The topological polar surface area (TPSA) is 53.6 Å².